The van der Waals surface area contributed by atoms with Gasteiger partial charge in [-0.05, 0) is 6.07 Å². The van der Waals surface area contributed by atoms with Crippen LogP contribution in [0.4, 0.5) is 0 Å². The quantitative estimate of drug-likeness (QED) is 0.729. The first-order chi connectivity index (χ1) is 7.25. The Hall–Kier alpha value is -2.08. The van der Waals surface area contributed by atoms with Crippen LogP contribution < -0.4 is 0 Å². The van der Waals surface area contributed by atoms with Gasteiger partial charge >= 0.3 is 0 Å². The molecule has 0 radical (unpaired) electrons. The Balaban J connectivity index is 2.34. The topological polar surface area (TPSA) is 44.1 Å². The third-order valence-corrected chi connectivity index (χ3v) is 2.49. The van der Waals surface area contributed by atoms with Crippen molar-refractivity contribution in [3.8, 4) is 6.07 Å². The minimum Gasteiger partial charge on any atom is -0.307 e. The number of benzene rings is 1. The predicted molar refractivity (Wildman–Crippen MR) is 56.7 cm³/mol. The molecule has 0 fully saturated rings. The first kappa shape index (κ1) is 9.47. The van der Waals surface area contributed by atoms with E-state index in [2.05, 4.69) is 6.58 Å². The zero-order chi connectivity index (χ0) is 10.8. The minimum absolute atomic E-state index is 0.0501. The third-order valence-electron chi connectivity index (χ3n) is 2.49. The van der Waals surface area contributed by atoms with Crippen molar-refractivity contribution >= 4 is 11.6 Å². The lowest BCUT2D eigenvalue weighted by Crippen LogP contribution is -2.23. The van der Waals surface area contributed by atoms with Gasteiger partial charge in [-0.3, -0.25) is 4.79 Å². The maximum absolute atomic E-state index is 11.9. The first-order valence-electron chi connectivity index (χ1n) is 4.73. The van der Waals surface area contributed by atoms with E-state index in [0.29, 0.717) is 24.2 Å². The van der Waals surface area contributed by atoms with Crippen molar-refractivity contribution in [3.05, 3.63) is 42.0 Å². The third kappa shape index (κ3) is 1.40. The molecule has 3 nitrogen and oxygen atoms in total. The molecule has 1 heterocycles. The van der Waals surface area contributed by atoms with Crippen molar-refractivity contribution in [2.75, 3.05) is 6.54 Å². The molecule has 74 valence electrons. The first-order valence-corrected chi connectivity index (χ1v) is 4.73. The van der Waals surface area contributed by atoms with Crippen LogP contribution in [0.1, 0.15) is 22.3 Å². The van der Waals surface area contributed by atoms with Crippen molar-refractivity contribution < 1.29 is 4.79 Å². The number of nitriles is 1. The minimum atomic E-state index is -0.0501. The summed E-state index contributed by atoms with van der Waals surface area (Å²) in [4.78, 5) is 13.4. The Labute approximate surface area is 88.2 Å². The van der Waals surface area contributed by atoms with E-state index in [1.165, 1.54) is 0 Å². The van der Waals surface area contributed by atoms with Gasteiger partial charge in [0.15, 0.2) is 0 Å². The summed E-state index contributed by atoms with van der Waals surface area (Å²) in [5.74, 6) is -0.0501. The zero-order valence-electron chi connectivity index (χ0n) is 8.23. The lowest BCUT2D eigenvalue weighted by Gasteiger charge is -2.14. The molecule has 0 aromatic heterocycles. The summed E-state index contributed by atoms with van der Waals surface area (Å²) in [6, 6.07) is 9.40. The van der Waals surface area contributed by atoms with Gasteiger partial charge in [0.2, 0.25) is 0 Å². The maximum atomic E-state index is 11.9. The van der Waals surface area contributed by atoms with Crippen LogP contribution in [-0.4, -0.2) is 17.4 Å². The Morgan fingerprint density at radius 3 is 2.60 bits per heavy atom. The summed E-state index contributed by atoms with van der Waals surface area (Å²) in [5, 5.41) is 8.50. The van der Waals surface area contributed by atoms with Crippen molar-refractivity contribution in [2.45, 2.75) is 6.42 Å². The molecule has 0 bridgehead atoms. The number of hydrogen-bond acceptors (Lipinski definition) is 2. The number of hydrogen-bond donors (Lipinski definition) is 0. The predicted octanol–water partition coefficient (Wildman–Crippen LogP) is 2.03. The SMILES string of the molecule is C=C1c2ccccc2C(=O)N1CCC#N. The van der Waals surface area contributed by atoms with E-state index in [-0.39, 0.29) is 5.91 Å². The molecular formula is C12H10N2O. The zero-order valence-corrected chi connectivity index (χ0v) is 8.23. The summed E-state index contributed by atoms with van der Waals surface area (Å²) < 4.78 is 0. The second-order valence-electron chi connectivity index (χ2n) is 3.36. The Morgan fingerprint density at radius 2 is 2.00 bits per heavy atom. The molecule has 1 aliphatic rings. The lowest BCUT2D eigenvalue weighted by atomic mass is 10.1. The molecule has 0 unspecified atom stereocenters. The van der Waals surface area contributed by atoms with Crippen LogP contribution in [0.2, 0.25) is 0 Å². The van der Waals surface area contributed by atoms with Crippen LogP contribution in [0.25, 0.3) is 5.70 Å². The van der Waals surface area contributed by atoms with E-state index < -0.39 is 0 Å². The fourth-order valence-corrected chi connectivity index (χ4v) is 1.73. The summed E-state index contributed by atoms with van der Waals surface area (Å²) in [6.07, 6.45) is 0.332. The molecule has 0 spiro atoms. The van der Waals surface area contributed by atoms with Crippen molar-refractivity contribution in [1.82, 2.24) is 4.90 Å². The maximum Gasteiger partial charge on any atom is 0.258 e. The van der Waals surface area contributed by atoms with E-state index in [1.807, 2.05) is 24.3 Å². The van der Waals surface area contributed by atoms with Crippen LogP contribution in [0.15, 0.2) is 30.8 Å². The highest BCUT2D eigenvalue weighted by atomic mass is 16.2. The van der Waals surface area contributed by atoms with E-state index in [9.17, 15) is 4.79 Å². The van der Waals surface area contributed by atoms with Crippen molar-refractivity contribution in [1.29, 1.82) is 5.26 Å². The smallest absolute Gasteiger partial charge is 0.258 e. The largest absolute Gasteiger partial charge is 0.307 e. The molecular weight excluding hydrogens is 188 g/mol. The van der Waals surface area contributed by atoms with Gasteiger partial charge < -0.3 is 4.90 Å². The van der Waals surface area contributed by atoms with Crippen LogP contribution >= 0.6 is 0 Å². The monoisotopic (exact) mass is 198 g/mol. The highest BCUT2D eigenvalue weighted by Crippen LogP contribution is 2.30. The van der Waals surface area contributed by atoms with Crippen LogP contribution in [-0.2, 0) is 0 Å². The number of carbonyl (C=O) groups is 1. The van der Waals surface area contributed by atoms with Crippen molar-refractivity contribution in [2.24, 2.45) is 0 Å². The van der Waals surface area contributed by atoms with Gasteiger partial charge in [0.25, 0.3) is 5.91 Å². The molecule has 0 aliphatic carbocycles. The number of rotatable bonds is 2. The Bertz CT molecular complexity index is 436. The molecule has 0 N–H and O–H groups in total. The fourth-order valence-electron chi connectivity index (χ4n) is 1.73. The average molecular weight is 198 g/mol. The van der Waals surface area contributed by atoms with Crippen LogP contribution in [0.5, 0.6) is 0 Å². The van der Waals surface area contributed by atoms with Gasteiger partial charge in [-0.2, -0.15) is 5.26 Å². The highest BCUT2D eigenvalue weighted by Gasteiger charge is 2.29. The summed E-state index contributed by atoms with van der Waals surface area (Å²) in [6.45, 7) is 4.30. The molecule has 1 aromatic rings. The van der Waals surface area contributed by atoms with Gasteiger partial charge in [0.05, 0.1) is 12.5 Å². The van der Waals surface area contributed by atoms with E-state index in [1.54, 1.807) is 11.0 Å². The van der Waals surface area contributed by atoms with Gasteiger partial charge in [-0.1, -0.05) is 24.8 Å². The van der Waals surface area contributed by atoms with Crippen LogP contribution in [0, 0.1) is 11.3 Å². The second-order valence-corrected chi connectivity index (χ2v) is 3.36. The Morgan fingerprint density at radius 1 is 1.33 bits per heavy atom. The number of carbonyl (C=O) groups excluding carboxylic acids is 1. The summed E-state index contributed by atoms with van der Waals surface area (Å²) >= 11 is 0. The molecule has 1 aromatic carbocycles. The molecule has 2 rings (SSSR count). The van der Waals surface area contributed by atoms with Crippen molar-refractivity contribution in [3.63, 3.8) is 0 Å². The van der Waals surface area contributed by atoms with Gasteiger partial charge in [0, 0.05) is 23.4 Å². The number of fused-ring (bicyclic) bond motifs is 1. The Kier molecular flexibility index (Phi) is 2.26. The number of nitrogens with zero attached hydrogens (tertiary/aromatic N) is 2. The lowest BCUT2D eigenvalue weighted by molar-refractivity contribution is 0.0853. The summed E-state index contributed by atoms with van der Waals surface area (Å²) in [5.41, 5.74) is 2.26. The molecule has 15 heavy (non-hydrogen) atoms. The van der Waals surface area contributed by atoms with Crippen LogP contribution in [0.3, 0.4) is 0 Å². The molecule has 1 aliphatic heterocycles. The fraction of sp³-hybridized carbons (Fsp3) is 0.167. The highest BCUT2D eigenvalue weighted by molar-refractivity contribution is 6.08. The number of amides is 1. The van der Waals surface area contributed by atoms with Gasteiger partial charge in [-0.25, -0.2) is 0 Å². The second kappa shape index (κ2) is 3.58. The standard InChI is InChI=1S/C12H10N2O/c1-9-10-5-2-3-6-11(10)12(15)14(9)8-4-7-13/h2-3,5-6H,1,4,8H2. The van der Waals surface area contributed by atoms with E-state index in [0.717, 1.165) is 5.56 Å². The molecule has 0 saturated carbocycles. The van der Waals surface area contributed by atoms with Gasteiger partial charge in [0.1, 0.15) is 0 Å². The van der Waals surface area contributed by atoms with E-state index in [4.69, 9.17) is 5.26 Å². The molecule has 1 amide bonds. The normalized spacial score (nSPS) is 13.9. The van der Waals surface area contributed by atoms with Gasteiger partial charge in [-0.15, -0.1) is 0 Å². The summed E-state index contributed by atoms with van der Waals surface area (Å²) in [7, 11) is 0. The molecule has 0 saturated heterocycles. The molecule has 0 atom stereocenters. The average Bonchev–Trinajstić information content (AvgIpc) is 2.51. The molecule has 3 heteroatoms. The van der Waals surface area contributed by atoms with E-state index >= 15 is 0 Å².